The molecule has 0 amide bonds. The van der Waals surface area contributed by atoms with Gasteiger partial charge in [-0.15, -0.1) is 0 Å². The highest BCUT2D eigenvalue weighted by Crippen LogP contribution is 2.34. The Morgan fingerprint density at radius 3 is 2.72 bits per heavy atom. The van der Waals surface area contributed by atoms with Crippen LogP contribution >= 0.6 is 0 Å². The number of halogens is 1. The number of pyridine rings is 2. The first-order valence-corrected chi connectivity index (χ1v) is 10.4. The van der Waals surface area contributed by atoms with E-state index < -0.39 is 0 Å². The van der Waals surface area contributed by atoms with Crippen molar-refractivity contribution in [3.05, 3.63) is 59.9 Å². The number of likely N-dealkylation sites (N-methyl/N-ethyl adjacent to an activating group) is 1. The normalized spacial score (nSPS) is 21.3. The maximum absolute atomic E-state index is 14.0. The molecule has 0 saturated carbocycles. The maximum atomic E-state index is 14.0. The monoisotopic (exact) mass is 394 g/mol. The SMILES string of the molecule is CN1CCN(c2c(CN3CCCC3c3ccccn3)nc3ccc(F)cn23)CC1. The van der Waals surface area contributed by atoms with E-state index in [1.54, 1.807) is 12.3 Å². The zero-order valence-electron chi connectivity index (χ0n) is 16.8. The van der Waals surface area contributed by atoms with Gasteiger partial charge in [0.1, 0.15) is 17.3 Å². The fourth-order valence-electron chi connectivity index (χ4n) is 4.63. The first-order chi connectivity index (χ1) is 14.2. The lowest BCUT2D eigenvalue weighted by atomic mass is 10.1. The van der Waals surface area contributed by atoms with Crippen LogP contribution < -0.4 is 4.90 Å². The molecule has 0 N–H and O–H groups in total. The van der Waals surface area contributed by atoms with E-state index in [-0.39, 0.29) is 5.82 Å². The van der Waals surface area contributed by atoms with E-state index >= 15 is 0 Å². The predicted molar refractivity (Wildman–Crippen MR) is 111 cm³/mol. The molecule has 5 heterocycles. The van der Waals surface area contributed by atoms with Gasteiger partial charge in [-0.05, 0) is 50.7 Å². The Kier molecular flexibility index (Phi) is 4.93. The lowest BCUT2D eigenvalue weighted by Gasteiger charge is -2.34. The number of imidazole rings is 1. The molecule has 1 atom stereocenters. The van der Waals surface area contributed by atoms with Crippen molar-refractivity contribution in [3.8, 4) is 0 Å². The number of aromatic nitrogens is 3. The number of nitrogens with zero attached hydrogens (tertiary/aromatic N) is 6. The van der Waals surface area contributed by atoms with Gasteiger partial charge in [0.2, 0.25) is 0 Å². The van der Waals surface area contributed by atoms with Crippen molar-refractivity contribution in [2.75, 3.05) is 44.7 Å². The van der Waals surface area contributed by atoms with Crippen molar-refractivity contribution in [1.82, 2.24) is 24.2 Å². The average Bonchev–Trinajstić information content (AvgIpc) is 3.34. The van der Waals surface area contributed by atoms with Crippen molar-refractivity contribution < 1.29 is 4.39 Å². The molecular formula is C22H27FN6. The minimum atomic E-state index is -0.232. The minimum Gasteiger partial charge on any atom is -0.354 e. The minimum absolute atomic E-state index is 0.232. The van der Waals surface area contributed by atoms with Gasteiger partial charge in [0.05, 0.1) is 17.4 Å². The first kappa shape index (κ1) is 18.5. The Balaban J connectivity index is 1.50. The third-order valence-corrected chi connectivity index (χ3v) is 6.18. The fourth-order valence-corrected chi connectivity index (χ4v) is 4.63. The van der Waals surface area contributed by atoms with E-state index in [1.165, 1.54) is 6.07 Å². The van der Waals surface area contributed by atoms with Crippen LogP contribution in [0.3, 0.4) is 0 Å². The number of hydrogen-bond donors (Lipinski definition) is 0. The molecule has 1 unspecified atom stereocenters. The smallest absolute Gasteiger partial charge is 0.140 e. The number of rotatable bonds is 4. The molecule has 0 bridgehead atoms. The second-order valence-electron chi connectivity index (χ2n) is 8.13. The van der Waals surface area contributed by atoms with Crippen LogP contribution in [-0.2, 0) is 6.54 Å². The highest BCUT2D eigenvalue weighted by Gasteiger charge is 2.30. The summed E-state index contributed by atoms with van der Waals surface area (Å²) in [7, 11) is 2.15. The second kappa shape index (κ2) is 7.72. The molecular weight excluding hydrogens is 367 g/mol. The Morgan fingerprint density at radius 2 is 1.93 bits per heavy atom. The van der Waals surface area contributed by atoms with Crippen LogP contribution in [0.2, 0.25) is 0 Å². The molecule has 5 rings (SSSR count). The Morgan fingerprint density at radius 1 is 1.07 bits per heavy atom. The maximum Gasteiger partial charge on any atom is 0.140 e. The van der Waals surface area contributed by atoms with Crippen LogP contribution in [0.4, 0.5) is 10.2 Å². The molecule has 2 aliphatic heterocycles. The summed E-state index contributed by atoms with van der Waals surface area (Å²) in [6.45, 7) is 5.65. The van der Waals surface area contributed by atoms with E-state index in [4.69, 9.17) is 4.98 Å². The molecule has 3 aromatic rings. The van der Waals surface area contributed by atoms with E-state index in [1.807, 2.05) is 16.7 Å². The summed E-state index contributed by atoms with van der Waals surface area (Å²) in [6, 6.07) is 9.72. The van der Waals surface area contributed by atoms with E-state index in [9.17, 15) is 4.39 Å². The zero-order valence-corrected chi connectivity index (χ0v) is 16.8. The lowest BCUT2D eigenvalue weighted by molar-refractivity contribution is 0.241. The van der Waals surface area contributed by atoms with Gasteiger partial charge in [0, 0.05) is 45.1 Å². The van der Waals surface area contributed by atoms with Crippen LogP contribution in [0.15, 0.2) is 42.7 Å². The molecule has 0 spiro atoms. The summed E-state index contributed by atoms with van der Waals surface area (Å²) in [4.78, 5) is 16.7. The molecule has 2 saturated heterocycles. The van der Waals surface area contributed by atoms with Gasteiger partial charge in [-0.1, -0.05) is 6.07 Å². The van der Waals surface area contributed by atoms with Crippen LogP contribution in [0.1, 0.15) is 30.3 Å². The van der Waals surface area contributed by atoms with Crippen molar-refractivity contribution >= 4 is 11.5 Å². The number of hydrogen-bond acceptors (Lipinski definition) is 5. The van der Waals surface area contributed by atoms with E-state index in [0.29, 0.717) is 6.04 Å². The second-order valence-corrected chi connectivity index (χ2v) is 8.13. The summed E-state index contributed by atoms with van der Waals surface area (Å²) in [6.07, 6.45) is 5.71. The van der Waals surface area contributed by atoms with Gasteiger partial charge in [-0.3, -0.25) is 14.3 Å². The summed E-state index contributed by atoms with van der Waals surface area (Å²) in [5.74, 6) is 0.809. The van der Waals surface area contributed by atoms with E-state index in [2.05, 4.69) is 38.9 Å². The average molecular weight is 394 g/mol. The largest absolute Gasteiger partial charge is 0.354 e. The van der Waals surface area contributed by atoms with Crippen LogP contribution in [-0.4, -0.2) is 63.9 Å². The molecule has 2 aliphatic rings. The van der Waals surface area contributed by atoms with Crippen LogP contribution in [0.25, 0.3) is 5.65 Å². The highest BCUT2D eigenvalue weighted by molar-refractivity contribution is 5.57. The number of likely N-dealkylation sites (tertiary alicyclic amines) is 1. The van der Waals surface area contributed by atoms with E-state index in [0.717, 1.165) is 75.0 Å². The van der Waals surface area contributed by atoms with Gasteiger partial charge >= 0.3 is 0 Å². The third kappa shape index (κ3) is 3.60. The molecule has 0 radical (unpaired) electrons. The Labute approximate surface area is 170 Å². The summed E-state index contributed by atoms with van der Waals surface area (Å²) >= 11 is 0. The highest BCUT2D eigenvalue weighted by atomic mass is 19.1. The molecule has 2 fully saturated rings. The van der Waals surface area contributed by atoms with Gasteiger partial charge in [0.15, 0.2) is 0 Å². The molecule has 0 aliphatic carbocycles. The molecule has 0 aromatic carbocycles. The van der Waals surface area contributed by atoms with Gasteiger partial charge < -0.3 is 9.80 Å². The molecule has 29 heavy (non-hydrogen) atoms. The van der Waals surface area contributed by atoms with Gasteiger partial charge in [-0.25, -0.2) is 9.37 Å². The quantitative estimate of drug-likeness (QED) is 0.680. The van der Waals surface area contributed by atoms with Crippen molar-refractivity contribution in [2.24, 2.45) is 0 Å². The summed E-state index contributed by atoms with van der Waals surface area (Å²) in [5, 5.41) is 0. The first-order valence-electron chi connectivity index (χ1n) is 10.4. The standard InChI is InChI=1S/C22H27FN6/c1-26-11-13-27(14-12-26)22-19(25-21-8-7-17(23)15-29(21)22)16-28-10-4-6-20(28)18-5-2-3-9-24-18/h2-3,5,7-9,15,20H,4,6,10-14,16H2,1H3. The Hall–Kier alpha value is -2.51. The topological polar surface area (TPSA) is 39.9 Å². The van der Waals surface area contributed by atoms with Crippen molar-refractivity contribution in [3.63, 3.8) is 0 Å². The summed E-state index contributed by atoms with van der Waals surface area (Å²) in [5.41, 5.74) is 2.97. The lowest BCUT2D eigenvalue weighted by Crippen LogP contribution is -2.45. The van der Waals surface area contributed by atoms with Crippen molar-refractivity contribution in [2.45, 2.75) is 25.4 Å². The van der Waals surface area contributed by atoms with Crippen LogP contribution in [0, 0.1) is 5.82 Å². The number of fused-ring (bicyclic) bond motifs is 1. The Bertz CT molecular complexity index is 980. The zero-order chi connectivity index (χ0) is 19.8. The molecule has 7 heteroatoms. The van der Waals surface area contributed by atoms with Crippen LogP contribution in [0.5, 0.6) is 0 Å². The predicted octanol–water partition coefficient (Wildman–Crippen LogP) is 2.96. The third-order valence-electron chi connectivity index (χ3n) is 6.18. The van der Waals surface area contributed by atoms with Gasteiger partial charge in [-0.2, -0.15) is 0 Å². The number of anilines is 1. The molecule has 3 aromatic heterocycles. The molecule has 152 valence electrons. The fraction of sp³-hybridized carbons (Fsp3) is 0.455. The molecule has 6 nitrogen and oxygen atoms in total. The van der Waals surface area contributed by atoms with Crippen molar-refractivity contribution in [1.29, 1.82) is 0 Å². The number of piperazine rings is 1. The van der Waals surface area contributed by atoms with Gasteiger partial charge in [0.25, 0.3) is 0 Å². The summed E-state index contributed by atoms with van der Waals surface area (Å²) < 4.78 is 16.0.